The zero-order valence-corrected chi connectivity index (χ0v) is 10.3. The van der Waals surface area contributed by atoms with Gasteiger partial charge in [0, 0.05) is 11.9 Å². The predicted molar refractivity (Wildman–Crippen MR) is 69.7 cm³/mol. The molecule has 0 aliphatic rings. The van der Waals surface area contributed by atoms with Gasteiger partial charge >= 0.3 is 17.6 Å². The Morgan fingerprint density at radius 3 is 2.00 bits per heavy atom. The van der Waals surface area contributed by atoms with Crippen LogP contribution in [0.4, 0.5) is 5.69 Å². The molecule has 108 valence electrons. The standard InChI is InChI=1S/C12H9N3O6/c16-9(8-4-13-12(21)15-8)14-7-2-5(10(17)18)1-6(3-7)11(19)20/h1-4H,(H,14,16)(H,17,18)(H,19,20)(H2,13,15,21). The number of carbonyl (C=O) groups excluding carboxylic acids is 1. The van der Waals surface area contributed by atoms with Gasteiger partial charge in [0.25, 0.3) is 5.91 Å². The Kier molecular flexibility index (Phi) is 3.57. The van der Waals surface area contributed by atoms with Gasteiger partial charge in [0.2, 0.25) is 0 Å². The number of rotatable bonds is 4. The Bertz CT molecular complexity index is 756. The minimum absolute atomic E-state index is 0.0145. The zero-order valence-electron chi connectivity index (χ0n) is 10.3. The molecule has 0 aliphatic heterocycles. The molecule has 9 nitrogen and oxygen atoms in total. The number of hydrogen-bond donors (Lipinski definition) is 5. The van der Waals surface area contributed by atoms with Crippen LogP contribution in [0.3, 0.4) is 0 Å². The molecule has 1 aromatic heterocycles. The van der Waals surface area contributed by atoms with Crippen LogP contribution in [0, 0.1) is 0 Å². The second-order valence-corrected chi connectivity index (χ2v) is 4.02. The molecule has 2 aromatic rings. The van der Waals surface area contributed by atoms with E-state index in [4.69, 9.17) is 10.2 Å². The Morgan fingerprint density at radius 1 is 1.00 bits per heavy atom. The van der Waals surface area contributed by atoms with Gasteiger partial charge in [-0.05, 0) is 18.2 Å². The van der Waals surface area contributed by atoms with Crippen LogP contribution in [0.15, 0.2) is 29.2 Å². The minimum Gasteiger partial charge on any atom is -0.478 e. The van der Waals surface area contributed by atoms with E-state index in [0.29, 0.717) is 0 Å². The largest absolute Gasteiger partial charge is 0.478 e. The molecule has 0 aliphatic carbocycles. The van der Waals surface area contributed by atoms with Gasteiger partial charge in [-0.2, -0.15) is 0 Å². The van der Waals surface area contributed by atoms with Gasteiger partial charge in [0.05, 0.1) is 11.1 Å². The number of carboxylic acids is 2. The summed E-state index contributed by atoms with van der Waals surface area (Å²) in [6.45, 7) is 0. The molecular weight excluding hydrogens is 282 g/mol. The summed E-state index contributed by atoms with van der Waals surface area (Å²) in [4.78, 5) is 49.0. The SMILES string of the molecule is O=C(O)c1cc(NC(=O)c2c[nH]c(=O)[nH]2)cc(C(=O)O)c1. The van der Waals surface area contributed by atoms with Crippen LogP contribution < -0.4 is 11.0 Å². The molecule has 5 N–H and O–H groups in total. The van der Waals surface area contributed by atoms with Crippen LogP contribution in [0.2, 0.25) is 0 Å². The highest BCUT2D eigenvalue weighted by Crippen LogP contribution is 2.16. The predicted octanol–water partition coefficient (Wildman–Crippen LogP) is 0.352. The highest BCUT2D eigenvalue weighted by Gasteiger charge is 2.14. The van der Waals surface area contributed by atoms with Crippen molar-refractivity contribution >= 4 is 23.5 Å². The molecule has 9 heteroatoms. The molecule has 0 fully saturated rings. The fourth-order valence-electron chi connectivity index (χ4n) is 1.60. The summed E-state index contributed by atoms with van der Waals surface area (Å²) >= 11 is 0. The molecule has 1 heterocycles. The fraction of sp³-hybridized carbons (Fsp3) is 0. The Hall–Kier alpha value is -3.36. The molecule has 0 saturated heterocycles. The van der Waals surface area contributed by atoms with Crippen molar-refractivity contribution in [1.82, 2.24) is 9.97 Å². The van der Waals surface area contributed by atoms with Gasteiger partial charge in [-0.25, -0.2) is 14.4 Å². The summed E-state index contributed by atoms with van der Waals surface area (Å²) in [5, 5.41) is 20.1. The number of hydrogen-bond acceptors (Lipinski definition) is 4. The first-order chi connectivity index (χ1) is 9.86. The van der Waals surface area contributed by atoms with Crippen LogP contribution in [0.1, 0.15) is 31.2 Å². The summed E-state index contributed by atoms with van der Waals surface area (Å²) < 4.78 is 0. The van der Waals surface area contributed by atoms with E-state index in [1.165, 1.54) is 0 Å². The second-order valence-electron chi connectivity index (χ2n) is 4.02. The molecule has 1 aromatic carbocycles. The van der Waals surface area contributed by atoms with Crippen LogP contribution in [0.25, 0.3) is 0 Å². The maximum atomic E-state index is 11.8. The number of carboxylic acid groups (broad SMARTS) is 2. The maximum Gasteiger partial charge on any atom is 0.335 e. The van der Waals surface area contributed by atoms with E-state index in [-0.39, 0.29) is 22.5 Å². The summed E-state index contributed by atoms with van der Waals surface area (Å²) in [6, 6.07) is 3.19. The smallest absolute Gasteiger partial charge is 0.335 e. The van der Waals surface area contributed by atoms with Crippen LogP contribution in [-0.4, -0.2) is 38.0 Å². The van der Waals surface area contributed by atoms with Crippen LogP contribution >= 0.6 is 0 Å². The highest BCUT2D eigenvalue weighted by molar-refractivity contribution is 6.04. The zero-order chi connectivity index (χ0) is 15.6. The summed E-state index contributed by atoms with van der Waals surface area (Å²) in [5.74, 6) is -3.38. The lowest BCUT2D eigenvalue weighted by Crippen LogP contribution is -2.15. The maximum absolute atomic E-state index is 11.8. The quantitative estimate of drug-likeness (QED) is 0.548. The number of aromatic nitrogens is 2. The molecule has 21 heavy (non-hydrogen) atoms. The van der Waals surface area contributed by atoms with Crippen molar-refractivity contribution in [2.24, 2.45) is 0 Å². The van der Waals surface area contributed by atoms with Crippen molar-refractivity contribution in [2.45, 2.75) is 0 Å². The Balaban J connectivity index is 2.35. The molecule has 0 bridgehead atoms. The normalized spacial score (nSPS) is 10.1. The van der Waals surface area contributed by atoms with Crippen molar-refractivity contribution in [3.8, 4) is 0 Å². The molecule has 0 spiro atoms. The molecule has 0 radical (unpaired) electrons. The number of imidazole rings is 1. The number of carbonyl (C=O) groups is 3. The lowest BCUT2D eigenvalue weighted by atomic mass is 10.1. The lowest BCUT2D eigenvalue weighted by molar-refractivity contribution is 0.0696. The third-order valence-electron chi connectivity index (χ3n) is 2.53. The molecule has 0 atom stereocenters. The van der Waals surface area contributed by atoms with E-state index >= 15 is 0 Å². The number of H-pyrrole nitrogens is 2. The third-order valence-corrected chi connectivity index (χ3v) is 2.53. The van der Waals surface area contributed by atoms with Crippen LogP contribution in [0.5, 0.6) is 0 Å². The Labute approximate surface area is 116 Å². The molecule has 0 unspecified atom stereocenters. The summed E-state index contributed by atoms with van der Waals surface area (Å²) in [6.07, 6.45) is 1.14. The van der Waals surface area contributed by atoms with Gasteiger partial charge in [0.1, 0.15) is 5.69 Å². The first-order valence-electron chi connectivity index (χ1n) is 5.57. The average Bonchev–Trinajstić information content (AvgIpc) is 2.85. The lowest BCUT2D eigenvalue weighted by Gasteiger charge is -2.06. The van der Waals surface area contributed by atoms with E-state index in [1.807, 2.05) is 0 Å². The minimum atomic E-state index is -1.33. The fourth-order valence-corrected chi connectivity index (χ4v) is 1.60. The number of aromatic carboxylic acids is 2. The van der Waals surface area contributed by atoms with E-state index in [9.17, 15) is 19.2 Å². The van der Waals surface area contributed by atoms with Crippen molar-refractivity contribution in [1.29, 1.82) is 0 Å². The van der Waals surface area contributed by atoms with Gasteiger partial charge < -0.3 is 25.5 Å². The second kappa shape index (κ2) is 5.33. The Morgan fingerprint density at radius 2 is 1.57 bits per heavy atom. The van der Waals surface area contributed by atoms with Gasteiger partial charge in [-0.3, -0.25) is 4.79 Å². The van der Waals surface area contributed by atoms with Crippen molar-refractivity contribution in [3.05, 3.63) is 51.7 Å². The monoisotopic (exact) mass is 291 g/mol. The van der Waals surface area contributed by atoms with E-state index < -0.39 is 23.5 Å². The van der Waals surface area contributed by atoms with Gasteiger partial charge in [-0.1, -0.05) is 0 Å². The van der Waals surface area contributed by atoms with Crippen molar-refractivity contribution < 1.29 is 24.6 Å². The molecule has 2 rings (SSSR count). The number of aromatic amines is 2. The van der Waals surface area contributed by atoms with Gasteiger partial charge in [-0.15, -0.1) is 0 Å². The number of anilines is 1. The third kappa shape index (κ3) is 3.15. The van der Waals surface area contributed by atoms with Crippen LogP contribution in [-0.2, 0) is 0 Å². The average molecular weight is 291 g/mol. The van der Waals surface area contributed by atoms with E-state index in [0.717, 1.165) is 24.4 Å². The highest BCUT2D eigenvalue weighted by atomic mass is 16.4. The van der Waals surface area contributed by atoms with E-state index in [2.05, 4.69) is 15.3 Å². The van der Waals surface area contributed by atoms with Crippen molar-refractivity contribution in [3.63, 3.8) is 0 Å². The first kappa shape index (κ1) is 14.1. The summed E-state index contributed by atoms with van der Waals surface area (Å²) in [5.41, 5.74) is -1.23. The molecule has 0 saturated carbocycles. The number of nitrogens with one attached hydrogen (secondary N) is 3. The first-order valence-corrected chi connectivity index (χ1v) is 5.57. The van der Waals surface area contributed by atoms with E-state index in [1.54, 1.807) is 0 Å². The van der Waals surface area contributed by atoms with Gasteiger partial charge in [0.15, 0.2) is 0 Å². The number of amides is 1. The molecule has 1 amide bonds. The van der Waals surface area contributed by atoms with Crippen molar-refractivity contribution in [2.75, 3.05) is 5.32 Å². The summed E-state index contributed by atoms with van der Waals surface area (Å²) in [7, 11) is 0. The molecular formula is C12H9N3O6. The number of benzene rings is 1. The topological polar surface area (TPSA) is 152 Å².